The van der Waals surface area contributed by atoms with Crippen molar-refractivity contribution < 1.29 is 0 Å². The first-order chi connectivity index (χ1) is 5.27. The Morgan fingerprint density at radius 1 is 0.909 bits per heavy atom. The molecule has 0 aliphatic carbocycles. The van der Waals surface area contributed by atoms with Gasteiger partial charge in [0.1, 0.15) is 0 Å². The lowest BCUT2D eigenvalue weighted by Gasteiger charge is -2.03. The summed E-state index contributed by atoms with van der Waals surface area (Å²) < 4.78 is 0. The second kappa shape index (κ2) is 8.95. The van der Waals surface area contributed by atoms with Crippen LogP contribution in [0.1, 0.15) is 51.9 Å². The minimum atomic E-state index is 0.737. The number of hydrogen-bond acceptors (Lipinski definition) is 0. The Morgan fingerprint density at radius 3 is 2.00 bits per heavy atom. The quantitative estimate of drug-likeness (QED) is 0.425. The smallest absolute Gasteiger partial charge is 0.0118 e. The molecule has 0 aromatic heterocycles. The Labute approximate surface area is 76.3 Å². The van der Waals surface area contributed by atoms with E-state index in [2.05, 4.69) is 25.4 Å². The third-order valence-corrected chi connectivity index (χ3v) is 2.56. The molecular weight excluding hydrogens is 170 g/mol. The summed E-state index contributed by atoms with van der Waals surface area (Å²) >= 11 is 0. The van der Waals surface area contributed by atoms with E-state index in [1.165, 1.54) is 44.9 Å². The molecule has 0 heterocycles. The van der Waals surface area contributed by atoms with E-state index < -0.39 is 0 Å². The highest BCUT2D eigenvalue weighted by Gasteiger charge is 1.93. The van der Waals surface area contributed by atoms with Crippen molar-refractivity contribution in [2.45, 2.75) is 57.3 Å². The van der Waals surface area contributed by atoms with Crippen LogP contribution in [0, 0.1) is 0 Å². The molecule has 0 aliphatic rings. The lowest BCUT2D eigenvalue weighted by Crippen LogP contribution is -1.85. The van der Waals surface area contributed by atoms with E-state index in [1.807, 2.05) is 0 Å². The SMILES string of the molecule is CCCCCCCCC(P)P. The molecule has 0 nitrogen and oxygen atoms in total. The summed E-state index contributed by atoms with van der Waals surface area (Å²) in [6.45, 7) is 2.27. The van der Waals surface area contributed by atoms with E-state index in [9.17, 15) is 0 Å². The van der Waals surface area contributed by atoms with Gasteiger partial charge in [0, 0.05) is 0 Å². The van der Waals surface area contributed by atoms with E-state index in [4.69, 9.17) is 0 Å². The largest absolute Gasteiger partial charge is 0.130 e. The second-order valence-electron chi connectivity index (χ2n) is 3.22. The van der Waals surface area contributed by atoms with E-state index in [0.29, 0.717) is 0 Å². The van der Waals surface area contributed by atoms with Crippen molar-refractivity contribution in [1.29, 1.82) is 0 Å². The molecule has 0 amide bonds. The summed E-state index contributed by atoms with van der Waals surface area (Å²) in [6, 6.07) is 0. The van der Waals surface area contributed by atoms with Gasteiger partial charge >= 0.3 is 0 Å². The van der Waals surface area contributed by atoms with Crippen LogP contribution in [0.2, 0.25) is 0 Å². The molecule has 2 atom stereocenters. The molecule has 0 saturated carbocycles. The van der Waals surface area contributed by atoms with Crippen LogP contribution < -0.4 is 0 Å². The fourth-order valence-corrected chi connectivity index (χ4v) is 1.63. The third kappa shape index (κ3) is 10.9. The zero-order valence-electron chi connectivity index (χ0n) is 7.68. The summed E-state index contributed by atoms with van der Waals surface area (Å²) in [7, 11) is 5.66. The predicted octanol–water partition coefficient (Wildman–Crippen LogP) is 3.81. The van der Waals surface area contributed by atoms with Crippen LogP contribution >= 0.6 is 18.5 Å². The molecule has 2 unspecified atom stereocenters. The zero-order valence-corrected chi connectivity index (χ0v) is 9.99. The molecule has 0 N–H and O–H groups in total. The zero-order chi connectivity index (χ0) is 8.53. The third-order valence-electron chi connectivity index (χ3n) is 1.89. The summed E-state index contributed by atoms with van der Waals surface area (Å²) in [5.74, 6) is 0. The highest BCUT2D eigenvalue weighted by Crippen LogP contribution is 2.17. The van der Waals surface area contributed by atoms with Crippen molar-refractivity contribution in [1.82, 2.24) is 0 Å². The van der Waals surface area contributed by atoms with Gasteiger partial charge in [-0.2, -0.15) is 0 Å². The van der Waals surface area contributed by atoms with Crippen LogP contribution in [0.5, 0.6) is 0 Å². The first kappa shape index (κ1) is 11.9. The van der Waals surface area contributed by atoms with Crippen molar-refractivity contribution in [3.8, 4) is 0 Å². The molecule has 11 heavy (non-hydrogen) atoms. The number of unbranched alkanes of at least 4 members (excludes halogenated alkanes) is 5. The fourth-order valence-electron chi connectivity index (χ4n) is 1.16. The van der Waals surface area contributed by atoms with Crippen LogP contribution in [-0.2, 0) is 0 Å². The molecule has 0 aromatic carbocycles. The molecule has 0 fully saturated rings. The molecule has 0 spiro atoms. The van der Waals surface area contributed by atoms with Gasteiger partial charge in [0.05, 0.1) is 0 Å². The Hall–Kier alpha value is 0.860. The van der Waals surface area contributed by atoms with Gasteiger partial charge in [-0.25, -0.2) is 0 Å². The molecular formula is C9H22P2. The van der Waals surface area contributed by atoms with E-state index in [-0.39, 0.29) is 0 Å². The average Bonchev–Trinajstić information content (AvgIpc) is 1.96. The van der Waals surface area contributed by atoms with Crippen LogP contribution in [0.25, 0.3) is 0 Å². The van der Waals surface area contributed by atoms with Gasteiger partial charge in [-0.3, -0.25) is 0 Å². The summed E-state index contributed by atoms with van der Waals surface area (Å²) in [5.41, 5.74) is 0. The lowest BCUT2D eigenvalue weighted by atomic mass is 10.1. The highest BCUT2D eigenvalue weighted by atomic mass is 31.1. The molecule has 68 valence electrons. The Kier molecular flexibility index (Phi) is 9.65. The topological polar surface area (TPSA) is 0 Å². The Morgan fingerprint density at radius 2 is 1.45 bits per heavy atom. The van der Waals surface area contributed by atoms with Crippen LogP contribution in [0.4, 0.5) is 0 Å². The maximum Gasteiger partial charge on any atom is -0.0118 e. The molecule has 0 aromatic rings. The van der Waals surface area contributed by atoms with E-state index >= 15 is 0 Å². The van der Waals surface area contributed by atoms with Gasteiger partial charge < -0.3 is 0 Å². The Balaban J connectivity index is 2.80. The minimum absolute atomic E-state index is 0.737. The summed E-state index contributed by atoms with van der Waals surface area (Å²) in [5, 5.41) is 0.737. The van der Waals surface area contributed by atoms with Crippen molar-refractivity contribution in [2.24, 2.45) is 0 Å². The summed E-state index contributed by atoms with van der Waals surface area (Å²) in [6.07, 6.45) is 9.84. The van der Waals surface area contributed by atoms with Crippen molar-refractivity contribution in [3.05, 3.63) is 0 Å². The normalized spacial score (nSPS) is 10.9. The van der Waals surface area contributed by atoms with E-state index in [0.717, 1.165) is 5.40 Å². The molecule has 2 heteroatoms. The molecule has 0 bridgehead atoms. The molecule has 0 aliphatic heterocycles. The fraction of sp³-hybridized carbons (Fsp3) is 1.00. The molecule has 0 radical (unpaired) electrons. The van der Waals surface area contributed by atoms with Crippen LogP contribution in [0.15, 0.2) is 0 Å². The first-order valence-electron chi connectivity index (χ1n) is 4.78. The van der Waals surface area contributed by atoms with Gasteiger partial charge in [0.2, 0.25) is 0 Å². The van der Waals surface area contributed by atoms with Gasteiger partial charge in [0.15, 0.2) is 0 Å². The second-order valence-corrected chi connectivity index (χ2v) is 5.70. The molecule has 0 saturated heterocycles. The predicted molar refractivity (Wildman–Crippen MR) is 61.2 cm³/mol. The van der Waals surface area contributed by atoms with E-state index in [1.54, 1.807) is 0 Å². The maximum atomic E-state index is 2.83. The van der Waals surface area contributed by atoms with Crippen molar-refractivity contribution >= 4 is 18.5 Å². The highest BCUT2D eigenvalue weighted by molar-refractivity contribution is 7.37. The number of hydrogen-bond donors (Lipinski definition) is 0. The van der Waals surface area contributed by atoms with Crippen LogP contribution in [0.3, 0.4) is 0 Å². The van der Waals surface area contributed by atoms with Crippen molar-refractivity contribution in [3.63, 3.8) is 0 Å². The van der Waals surface area contributed by atoms with Gasteiger partial charge in [-0.05, 0) is 11.8 Å². The average molecular weight is 192 g/mol. The minimum Gasteiger partial charge on any atom is -0.130 e. The van der Waals surface area contributed by atoms with Gasteiger partial charge in [-0.1, -0.05) is 45.4 Å². The van der Waals surface area contributed by atoms with Crippen LogP contribution in [-0.4, -0.2) is 5.40 Å². The lowest BCUT2D eigenvalue weighted by molar-refractivity contribution is 0.600. The summed E-state index contributed by atoms with van der Waals surface area (Å²) in [4.78, 5) is 0. The van der Waals surface area contributed by atoms with Gasteiger partial charge in [-0.15, -0.1) is 18.5 Å². The Bertz CT molecular complexity index is 72.0. The van der Waals surface area contributed by atoms with Gasteiger partial charge in [0.25, 0.3) is 0 Å². The standard InChI is InChI=1S/C9H22P2/c1-2-3-4-5-6-7-8-9(10)11/h9H,2-8,10-11H2,1H3. The first-order valence-corrected chi connectivity index (χ1v) is 6.12. The maximum absolute atomic E-state index is 2.83. The molecule has 0 rings (SSSR count). The number of rotatable bonds is 7. The van der Waals surface area contributed by atoms with Crippen molar-refractivity contribution in [2.75, 3.05) is 0 Å². The monoisotopic (exact) mass is 192 g/mol.